The number of nitrogens with two attached hydrogens (primary N) is 1. The van der Waals surface area contributed by atoms with Crippen LogP contribution in [0.15, 0.2) is 24.5 Å². The molecule has 0 bridgehead atoms. The third-order valence-electron chi connectivity index (χ3n) is 4.16. The Kier molecular flexibility index (Phi) is 4.16. The molecule has 1 aliphatic rings. The molecule has 2 heterocycles. The Morgan fingerprint density at radius 2 is 2.10 bits per heavy atom. The van der Waals surface area contributed by atoms with Crippen LogP contribution in [0.4, 0.5) is 5.82 Å². The molecule has 1 fully saturated rings. The lowest BCUT2D eigenvalue weighted by Gasteiger charge is -2.35. The largest absolute Gasteiger partial charge is 0.353 e. The summed E-state index contributed by atoms with van der Waals surface area (Å²) in [5.74, 6) is 1.07. The third-order valence-corrected chi connectivity index (χ3v) is 4.16. The fourth-order valence-electron chi connectivity index (χ4n) is 3.10. The molecule has 1 aliphatic carbocycles. The van der Waals surface area contributed by atoms with Crippen LogP contribution in [0.25, 0.3) is 5.65 Å². The zero-order chi connectivity index (χ0) is 13.8. The Morgan fingerprint density at radius 3 is 2.90 bits per heavy atom. The van der Waals surface area contributed by atoms with Crippen molar-refractivity contribution < 1.29 is 0 Å². The molecule has 2 N–H and O–H groups in total. The number of aromatic nitrogens is 3. The topological polar surface area (TPSA) is 59.5 Å². The van der Waals surface area contributed by atoms with Crippen LogP contribution in [0.5, 0.6) is 0 Å². The van der Waals surface area contributed by atoms with E-state index in [0.29, 0.717) is 6.04 Å². The number of anilines is 1. The van der Waals surface area contributed by atoms with Crippen molar-refractivity contribution in [1.82, 2.24) is 14.6 Å². The highest BCUT2D eigenvalue weighted by atomic mass is 15.3. The van der Waals surface area contributed by atoms with Crippen LogP contribution in [0.3, 0.4) is 0 Å². The van der Waals surface area contributed by atoms with Crippen molar-refractivity contribution in [3.05, 3.63) is 24.5 Å². The first kappa shape index (κ1) is 13.4. The summed E-state index contributed by atoms with van der Waals surface area (Å²) in [6, 6.07) is 4.64. The van der Waals surface area contributed by atoms with E-state index in [1.807, 2.05) is 16.8 Å². The van der Waals surface area contributed by atoms with Crippen molar-refractivity contribution in [2.45, 2.75) is 44.6 Å². The Morgan fingerprint density at radius 1 is 1.25 bits per heavy atom. The fraction of sp³-hybridized carbons (Fsp3) is 0.600. The van der Waals surface area contributed by atoms with Crippen LogP contribution in [0.1, 0.15) is 38.5 Å². The van der Waals surface area contributed by atoms with Gasteiger partial charge in [0.15, 0.2) is 5.65 Å². The monoisotopic (exact) mass is 273 g/mol. The zero-order valence-corrected chi connectivity index (χ0v) is 11.9. The van der Waals surface area contributed by atoms with E-state index in [0.717, 1.165) is 31.0 Å². The van der Waals surface area contributed by atoms with Gasteiger partial charge in [-0.3, -0.25) is 0 Å². The smallest absolute Gasteiger partial charge is 0.157 e. The average Bonchev–Trinajstić information content (AvgIpc) is 2.96. The van der Waals surface area contributed by atoms with Gasteiger partial charge in [-0.15, -0.1) is 0 Å². The minimum absolute atomic E-state index is 0.619. The number of fused-ring (bicyclic) bond motifs is 1. The van der Waals surface area contributed by atoms with E-state index in [4.69, 9.17) is 10.7 Å². The molecule has 0 spiro atoms. The predicted octanol–water partition coefficient (Wildman–Crippen LogP) is 2.22. The maximum atomic E-state index is 5.70. The van der Waals surface area contributed by atoms with Crippen molar-refractivity contribution in [2.75, 3.05) is 18.0 Å². The van der Waals surface area contributed by atoms with E-state index < -0.39 is 0 Å². The first-order valence-corrected chi connectivity index (χ1v) is 7.65. The molecule has 0 amide bonds. The van der Waals surface area contributed by atoms with Crippen LogP contribution in [-0.2, 0) is 0 Å². The molecule has 3 rings (SSSR count). The molecule has 0 radical (unpaired) electrons. The highest BCUT2D eigenvalue weighted by Crippen LogP contribution is 2.26. The highest BCUT2D eigenvalue weighted by molar-refractivity contribution is 5.48. The predicted molar refractivity (Wildman–Crippen MR) is 80.9 cm³/mol. The molecule has 0 aliphatic heterocycles. The summed E-state index contributed by atoms with van der Waals surface area (Å²) in [7, 11) is 0. The van der Waals surface area contributed by atoms with Crippen molar-refractivity contribution in [3.63, 3.8) is 0 Å². The van der Waals surface area contributed by atoms with E-state index in [2.05, 4.69) is 16.1 Å². The second-order valence-electron chi connectivity index (χ2n) is 5.55. The first-order chi connectivity index (χ1) is 9.88. The van der Waals surface area contributed by atoms with Gasteiger partial charge in [0.2, 0.25) is 0 Å². The first-order valence-electron chi connectivity index (χ1n) is 7.65. The average molecular weight is 273 g/mol. The van der Waals surface area contributed by atoms with E-state index in [9.17, 15) is 0 Å². The van der Waals surface area contributed by atoms with Gasteiger partial charge in [0.05, 0.1) is 6.20 Å². The van der Waals surface area contributed by atoms with Crippen LogP contribution in [-0.4, -0.2) is 33.7 Å². The van der Waals surface area contributed by atoms with E-state index >= 15 is 0 Å². The molecule has 0 atom stereocenters. The quantitative estimate of drug-likeness (QED) is 0.907. The van der Waals surface area contributed by atoms with E-state index in [1.54, 1.807) is 6.20 Å². The number of hydrogen-bond acceptors (Lipinski definition) is 4. The van der Waals surface area contributed by atoms with Gasteiger partial charge < -0.3 is 10.6 Å². The SMILES string of the molecule is NCCCN(c1ccn2nccc2n1)C1CCCCC1. The molecule has 20 heavy (non-hydrogen) atoms. The molecule has 0 unspecified atom stereocenters. The van der Waals surface area contributed by atoms with Crippen LogP contribution >= 0.6 is 0 Å². The molecular weight excluding hydrogens is 250 g/mol. The molecule has 108 valence electrons. The summed E-state index contributed by atoms with van der Waals surface area (Å²) in [5.41, 5.74) is 6.61. The third kappa shape index (κ3) is 2.77. The van der Waals surface area contributed by atoms with Crippen LogP contribution < -0.4 is 10.6 Å². The summed E-state index contributed by atoms with van der Waals surface area (Å²) in [6.45, 7) is 1.73. The summed E-state index contributed by atoms with van der Waals surface area (Å²) >= 11 is 0. The standard InChI is InChI=1S/C15H23N5/c16-9-4-11-19(13-5-2-1-3-6-13)14-8-12-20-15(18-14)7-10-17-20/h7-8,10,12-13H,1-6,9,11,16H2. The van der Waals surface area contributed by atoms with Crippen molar-refractivity contribution in [3.8, 4) is 0 Å². The summed E-state index contributed by atoms with van der Waals surface area (Å²) in [5, 5.41) is 4.21. The van der Waals surface area contributed by atoms with Gasteiger partial charge in [0.25, 0.3) is 0 Å². The van der Waals surface area contributed by atoms with Gasteiger partial charge in [0, 0.05) is 24.8 Å². The van der Waals surface area contributed by atoms with Crippen LogP contribution in [0.2, 0.25) is 0 Å². The Labute approximate surface area is 119 Å². The van der Waals surface area contributed by atoms with Gasteiger partial charge in [0.1, 0.15) is 5.82 Å². The number of nitrogens with zero attached hydrogens (tertiary/aromatic N) is 4. The molecule has 0 aromatic carbocycles. The maximum Gasteiger partial charge on any atom is 0.157 e. The normalized spacial score (nSPS) is 16.6. The molecule has 5 heteroatoms. The lowest BCUT2D eigenvalue weighted by Crippen LogP contribution is -2.38. The summed E-state index contributed by atoms with van der Waals surface area (Å²) in [6.07, 6.45) is 11.4. The number of hydrogen-bond donors (Lipinski definition) is 1. The molecule has 2 aromatic rings. The molecule has 2 aromatic heterocycles. The Balaban J connectivity index is 1.85. The van der Waals surface area contributed by atoms with E-state index in [-0.39, 0.29) is 0 Å². The maximum absolute atomic E-state index is 5.70. The minimum Gasteiger partial charge on any atom is -0.353 e. The van der Waals surface area contributed by atoms with Gasteiger partial charge >= 0.3 is 0 Å². The molecule has 1 saturated carbocycles. The lowest BCUT2D eigenvalue weighted by molar-refractivity contribution is 0.411. The van der Waals surface area contributed by atoms with Crippen molar-refractivity contribution in [1.29, 1.82) is 0 Å². The van der Waals surface area contributed by atoms with E-state index in [1.165, 1.54) is 32.1 Å². The molecule has 5 nitrogen and oxygen atoms in total. The van der Waals surface area contributed by atoms with Gasteiger partial charge in [-0.1, -0.05) is 19.3 Å². The summed E-state index contributed by atoms with van der Waals surface area (Å²) in [4.78, 5) is 7.21. The lowest BCUT2D eigenvalue weighted by atomic mass is 9.94. The Bertz CT molecular complexity index is 544. The minimum atomic E-state index is 0.619. The molecular formula is C15H23N5. The second-order valence-corrected chi connectivity index (χ2v) is 5.55. The number of rotatable bonds is 5. The van der Waals surface area contributed by atoms with Crippen LogP contribution in [0, 0.1) is 0 Å². The van der Waals surface area contributed by atoms with Gasteiger partial charge in [-0.2, -0.15) is 5.10 Å². The summed E-state index contributed by atoms with van der Waals surface area (Å²) < 4.78 is 1.81. The fourth-order valence-corrected chi connectivity index (χ4v) is 3.10. The van der Waals surface area contributed by atoms with Gasteiger partial charge in [-0.25, -0.2) is 9.50 Å². The molecule has 0 saturated heterocycles. The van der Waals surface area contributed by atoms with Crippen molar-refractivity contribution in [2.24, 2.45) is 5.73 Å². The Hall–Kier alpha value is -1.62. The van der Waals surface area contributed by atoms with Gasteiger partial charge in [-0.05, 0) is 31.9 Å². The zero-order valence-electron chi connectivity index (χ0n) is 11.9. The van der Waals surface area contributed by atoms with Crippen molar-refractivity contribution >= 4 is 11.5 Å². The second kappa shape index (κ2) is 6.22. The highest BCUT2D eigenvalue weighted by Gasteiger charge is 2.22.